The fourth-order valence-corrected chi connectivity index (χ4v) is 3.56. The molecule has 6 heteroatoms. The Morgan fingerprint density at radius 1 is 1.35 bits per heavy atom. The number of rotatable bonds is 5. The van der Waals surface area contributed by atoms with Crippen molar-refractivity contribution in [2.24, 2.45) is 0 Å². The topological polar surface area (TPSA) is 70.5 Å². The largest absolute Gasteiger partial charge is 0.503 e. The van der Waals surface area contributed by atoms with Crippen molar-refractivity contribution >= 4 is 23.0 Å². The molecule has 0 aliphatic carbocycles. The number of ketones is 1. The maximum absolute atomic E-state index is 12.5. The van der Waals surface area contributed by atoms with E-state index in [2.05, 4.69) is 4.98 Å². The second-order valence-electron chi connectivity index (χ2n) is 5.25. The van der Waals surface area contributed by atoms with Gasteiger partial charge in [0.05, 0.1) is 11.6 Å². The third-order valence-electron chi connectivity index (χ3n) is 3.84. The lowest BCUT2D eigenvalue weighted by Crippen LogP contribution is -2.30. The van der Waals surface area contributed by atoms with Crippen molar-refractivity contribution in [1.29, 1.82) is 0 Å². The number of thiophene rings is 1. The van der Waals surface area contributed by atoms with E-state index in [0.29, 0.717) is 6.54 Å². The molecule has 5 nitrogen and oxygen atoms in total. The van der Waals surface area contributed by atoms with Gasteiger partial charge in [0.1, 0.15) is 0 Å². The lowest BCUT2D eigenvalue weighted by molar-refractivity contribution is -0.130. The number of hydrogen-bond donors (Lipinski definition) is 1. The van der Waals surface area contributed by atoms with E-state index in [1.807, 2.05) is 29.6 Å². The monoisotopic (exact) mass is 328 g/mol. The van der Waals surface area contributed by atoms with Gasteiger partial charge in [0.2, 0.25) is 0 Å². The van der Waals surface area contributed by atoms with Crippen LogP contribution in [0.15, 0.2) is 53.4 Å². The Kier molecular flexibility index (Phi) is 4.25. The predicted molar refractivity (Wildman–Crippen MR) is 86.8 cm³/mol. The molecule has 1 aliphatic rings. The van der Waals surface area contributed by atoms with Crippen LogP contribution >= 0.6 is 11.3 Å². The van der Waals surface area contributed by atoms with Crippen LogP contribution in [-0.2, 0) is 16.1 Å². The summed E-state index contributed by atoms with van der Waals surface area (Å²) < 4.78 is 0. The zero-order valence-corrected chi connectivity index (χ0v) is 13.4. The van der Waals surface area contributed by atoms with Gasteiger partial charge < -0.3 is 10.0 Å². The van der Waals surface area contributed by atoms with Crippen LogP contribution in [0.3, 0.4) is 0 Å². The molecule has 0 radical (unpaired) electrons. The van der Waals surface area contributed by atoms with Crippen LogP contribution in [0.25, 0.3) is 0 Å². The van der Waals surface area contributed by atoms with E-state index in [0.717, 1.165) is 10.4 Å². The summed E-state index contributed by atoms with van der Waals surface area (Å²) in [6.07, 6.45) is 3.56. The van der Waals surface area contributed by atoms with Gasteiger partial charge in [0.15, 0.2) is 11.5 Å². The molecular weight excluding hydrogens is 312 g/mol. The fourth-order valence-electron chi connectivity index (χ4n) is 2.72. The number of aromatic nitrogens is 1. The minimum Gasteiger partial charge on any atom is -0.503 e. The third kappa shape index (κ3) is 2.77. The van der Waals surface area contributed by atoms with Crippen LogP contribution in [0.2, 0.25) is 0 Å². The molecule has 2 aromatic rings. The average molecular weight is 328 g/mol. The quantitative estimate of drug-likeness (QED) is 0.916. The molecule has 0 bridgehead atoms. The summed E-state index contributed by atoms with van der Waals surface area (Å²) >= 11 is 1.47. The number of carbonyl (C=O) groups is 2. The van der Waals surface area contributed by atoms with Gasteiger partial charge >= 0.3 is 0 Å². The van der Waals surface area contributed by atoms with Crippen LogP contribution < -0.4 is 0 Å². The lowest BCUT2D eigenvalue weighted by atomic mass is 10.0. The summed E-state index contributed by atoms with van der Waals surface area (Å²) in [6.45, 7) is 2.04. The second kappa shape index (κ2) is 6.34. The van der Waals surface area contributed by atoms with E-state index in [-0.39, 0.29) is 17.8 Å². The highest BCUT2D eigenvalue weighted by Crippen LogP contribution is 2.40. The average Bonchev–Trinajstić information content (AvgIpc) is 3.18. The zero-order valence-electron chi connectivity index (χ0n) is 12.6. The SMILES string of the molecule is CCC(=O)C1=C(O)C(=O)N(Cc2ccncc2)C1c1cccs1. The Labute approximate surface area is 137 Å². The first kappa shape index (κ1) is 15.4. The van der Waals surface area contributed by atoms with Crippen LogP contribution in [0, 0.1) is 0 Å². The van der Waals surface area contributed by atoms with Crippen molar-refractivity contribution in [2.45, 2.75) is 25.9 Å². The molecule has 23 heavy (non-hydrogen) atoms. The normalized spacial score (nSPS) is 17.9. The Balaban J connectivity index is 2.02. The second-order valence-corrected chi connectivity index (χ2v) is 6.22. The van der Waals surface area contributed by atoms with Crippen molar-refractivity contribution in [1.82, 2.24) is 9.88 Å². The maximum atomic E-state index is 12.5. The van der Waals surface area contributed by atoms with E-state index in [9.17, 15) is 14.7 Å². The van der Waals surface area contributed by atoms with E-state index in [1.165, 1.54) is 11.3 Å². The van der Waals surface area contributed by atoms with Crippen LogP contribution in [-0.4, -0.2) is 26.7 Å². The molecule has 1 N–H and O–H groups in total. The highest BCUT2D eigenvalue weighted by atomic mass is 32.1. The first-order chi connectivity index (χ1) is 11.1. The number of amides is 1. The lowest BCUT2D eigenvalue weighted by Gasteiger charge is -2.25. The number of aliphatic hydroxyl groups excluding tert-OH is 1. The summed E-state index contributed by atoms with van der Waals surface area (Å²) in [7, 11) is 0. The van der Waals surface area contributed by atoms with Gasteiger partial charge in [0.25, 0.3) is 5.91 Å². The van der Waals surface area contributed by atoms with Gasteiger partial charge in [0, 0.05) is 30.2 Å². The van der Waals surface area contributed by atoms with Gasteiger partial charge in [-0.05, 0) is 29.1 Å². The van der Waals surface area contributed by atoms with Crippen molar-refractivity contribution in [3.63, 3.8) is 0 Å². The maximum Gasteiger partial charge on any atom is 0.290 e. The summed E-state index contributed by atoms with van der Waals surface area (Å²) in [5.74, 6) is -1.13. The molecule has 1 atom stereocenters. The predicted octanol–water partition coefficient (Wildman–Crippen LogP) is 3.02. The highest BCUT2D eigenvalue weighted by Gasteiger charge is 2.43. The van der Waals surface area contributed by atoms with E-state index < -0.39 is 17.7 Å². The molecule has 1 unspecified atom stereocenters. The first-order valence-electron chi connectivity index (χ1n) is 7.33. The molecule has 1 aliphatic heterocycles. The molecule has 3 rings (SSSR count). The summed E-state index contributed by atoms with van der Waals surface area (Å²) in [4.78, 5) is 31.1. The molecule has 1 amide bonds. The van der Waals surface area contributed by atoms with Crippen molar-refractivity contribution < 1.29 is 14.7 Å². The summed E-state index contributed by atoms with van der Waals surface area (Å²) in [5, 5.41) is 12.1. The van der Waals surface area contributed by atoms with Gasteiger partial charge in [-0.2, -0.15) is 0 Å². The first-order valence-corrected chi connectivity index (χ1v) is 8.21. The molecule has 0 spiro atoms. The minimum atomic E-state index is -0.525. The van der Waals surface area contributed by atoms with Crippen molar-refractivity contribution in [3.8, 4) is 0 Å². The Morgan fingerprint density at radius 3 is 2.70 bits per heavy atom. The van der Waals surface area contributed by atoms with Crippen LogP contribution in [0.4, 0.5) is 0 Å². The number of carbonyl (C=O) groups excluding carboxylic acids is 2. The molecule has 0 aromatic carbocycles. The van der Waals surface area contributed by atoms with E-state index in [1.54, 1.807) is 24.2 Å². The Morgan fingerprint density at radius 2 is 2.09 bits per heavy atom. The molecule has 118 valence electrons. The Hall–Kier alpha value is -2.47. The van der Waals surface area contributed by atoms with Crippen molar-refractivity contribution in [2.75, 3.05) is 0 Å². The fraction of sp³-hybridized carbons (Fsp3) is 0.235. The van der Waals surface area contributed by atoms with Gasteiger partial charge in [-0.1, -0.05) is 13.0 Å². The summed E-state index contributed by atoms with van der Waals surface area (Å²) in [6, 6.07) is 6.86. The smallest absolute Gasteiger partial charge is 0.290 e. The van der Waals surface area contributed by atoms with E-state index >= 15 is 0 Å². The van der Waals surface area contributed by atoms with E-state index in [4.69, 9.17) is 0 Å². The molecular formula is C17H16N2O3S. The van der Waals surface area contributed by atoms with Crippen LogP contribution in [0.1, 0.15) is 29.8 Å². The number of aliphatic hydroxyl groups is 1. The molecule has 0 saturated carbocycles. The molecule has 2 aromatic heterocycles. The van der Waals surface area contributed by atoms with Gasteiger partial charge in [-0.3, -0.25) is 14.6 Å². The molecule has 0 fully saturated rings. The van der Waals surface area contributed by atoms with Gasteiger partial charge in [-0.15, -0.1) is 11.3 Å². The van der Waals surface area contributed by atoms with Gasteiger partial charge in [-0.25, -0.2) is 0 Å². The number of pyridine rings is 1. The van der Waals surface area contributed by atoms with Crippen molar-refractivity contribution in [3.05, 3.63) is 63.8 Å². The number of nitrogens with zero attached hydrogens (tertiary/aromatic N) is 2. The molecule has 0 saturated heterocycles. The van der Waals surface area contributed by atoms with Crippen LogP contribution in [0.5, 0.6) is 0 Å². The zero-order chi connectivity index (χ0) is 16.4. The molecule has 3 heterocycles. The Bertz CT molecular complexity index is 753. The summed E-state index contributed by atoms with van der Waals surface area (Å²) in [5.41, 5.74) is 1.10. The third-order valence-corrected chi connectivity index (χ3v) is 4.76. The highest BCUT2D eigenvalue weighted by molar-refractivity contribution is 7.10. The minimum absolute atomic E-state index is 0.202. The number of hydrogen-bond acceptors (Lipinski definition) is 5. The number of Topliss-reactive ketones (excluding diaryl/α,β-unsaturated/α-hetero) is 1. The standard InChI is InChI=1S/C17H16N2O3S/c1-2-12(20)14-15(13-4-3-9-23-13)19(17(22)16(14)21)10-11-5-7-18-8-6-11/h3-9,15,21H,2,10H2,1H3.